The van der Waals surface area contributed by atoms with Crippen LogP contribution in [-0.4, -0.2) is 19.0 Å². The average molecular weight is 268 g/mol. The fourth-order valence-electron chi connectivity index (χ4n) is 2.18. The largest absolute Gasteiger partial charge is 0.355 e. The zero-order valence-corrected chi connectivity index (χ0v) is 10.7. The molecule has 3 N–H and O–H groups in total. The van der Waals surface area contributed by atoms with Crippen LogP contribution in [0.4, 0.5) is 8.78 Å². The lowest BCUT2D eigenvalue weighted by atomic mass is 10.0. The third-order valence-corrected chi connectivity index (χ3v) is 3.64. The molecule has 0 unspecified atom stereocenters. The molecule has 1 aliphatic carbocycles. The zero-order valence-electron chi connectivity index (χ0n) is 10.7. The molecule has 1 fully saturated rings. The number of hydrogen-bond donors (Lipinski definition) is 2. The molecular formula is C14H18F2N2O. The Morgan fingerprint density at radius 1 is 1.32 bits per heavy atom. The fraction of sp³-hybridized carbons (Fsp3) is 0.500. The predicted octanol–water partition coefficient (Wildman–Crippen LogP) is 1.75. The fourth-order valence-corrected chi connectivity index (χ4v) is 2.18. The molecule has 1 amide bonds. The Hall–Kier alpha value is -1.49. The molecule has 5 heteroatoms. The van der Waals surface area contributed by atoms with Gasteiger partial charge in [-0.2, -0.15) is 0 Å². The minimum absolute atomic E-state index is 0.0654. The van der Waals surface area contributed by atoms with Crippen molar-refractivity contribution >= 4 is 5.91 Å². The van der Waals surface area contributed by atoms with Gasteiger partial charge in [-0.25, -0.2) is 8.78 Å². The maximum absolute atomic E-state index is 13.0. The van der Waals surface area contributed by atoms with Gasteiger partial charge in [-0.15, -0.1) is 0 Å². The number of halogens is 2. The quantitative estimate of drug-likeness (QED) is 0.826. The van der Waals surface area contributed by atoms with E-state index in [1.165, 1.54) is 6.07 Å². The topological polar surface area (TPSA) is 55.1 Å². The van der Waals surface area contributed by atoms with Crippen LogP contribution in [0.3, 0.4) is 0 Å². The zero-order chi connectivity index (χ0) is 13.9. The highest BCUT2D eigenvalue weighted by molar-refractivity contribution is 5.78. The third-order valence-electron chi connectivity index (χ3n) is 3.64. The Balaban J connectivity index is 1.82. The second kappa shape index (κ2) is 5.65. The molecule has 0 saturated heterocycles. The van der Waals surface area contributed by atoms with Crippen LogP contribution in [0.15, 0.2) is 18.2 Å². The summed E-state index contributed by atoms with van der Waals surface area (Å²) in [5, 5.41) is 2.84. The summed E-state index contributed by atoms with van der Waals surface area (Å²) in [4.78, 5) is 11.7. The Labute approximate surface area is 111 Å². The molecule has 0 heterocycles. The molecule has 1 aliphatic rings. The lowest BCUT2D eigenvalue weighted by Crippen LogP contribution is -2.32. The van der Waals surface area contributed by atoms with E-state index in [2.05, 4.69) is 5.32 Å². The summed E-state index contributed by atoms with van der Waals surface area (Å²) >= 11 is 0. The summed E-state index contributed by atoms with van der Waals surface area (Å²) < 4.78 is 25.7. The summed E-state index contributed by atoms with van der Waals surface area (Å²) in [6.07, 6.45) is 3.17. The van der Waals surface area contributed by atoms with Gasteiger partial charge in [0.25, 0.3) is 0 Å². The van der Waals surface area contributed by atoms with Gasteiger partial charge in [0.2, 0.25) is 5.91 Å². The highest BCUT2D eigenvalue weighted by Crippen LogP contribution is 2.47. The first-order valence-corrected chi connectivity index (χ1v) is 6.45. The molecule has 3 nitrogen and oxygen atoms in total. The number of carbonyl (C=O) groups excluding carboxylic acids is 1. The standard InChI is InChI=1S/C14H18F2N2O/c15-11-2-1-10(7-12(11)16)8-13(19)18-9-14(3-4-14)5-6-17/h1-2,7H,3-6,8-9,17H2,(H,18,19). The average Bonchev–Trinajstić information content (AvgIpc) is 3.12. The van der Waals surface area contributed by atoms with Gasteiger partial charge >= 0.3 is 0 Å². The first-order valence-electron chi connectivity index (χ1n) is 6.45. The molecule has 0 aliphatic heterocycles. The monoisotopic (exact) mass is 268 g/mol. The minimum Gasteiger partial charge on any atom is -0.355 e. The number of rotatable bonds is 6. The van der Waals surface area contributed by atoms with Gasteiger partial charge in [0.1, 0.15) is 0 Å². The number of nitrogens with one attached hydrogen (secondary N) is 1. The maximum Gasteiger partial charge on any atom is 0.224 e. The van der Waals surface area contributed by atoms with E-state index in [1.54, 1.807) is 0 Å². The van der Waals surface area contributed by atoms with Crippen molar-refractivity contribution in [3.05, 3.63) is 35.4 Å². The van der Waals surface area contributed by atoms with E-state index >= 15 is 0 Å². The second-order valence-electron chi connectivity index (χ2n) is 5.24. The number of benzene rings is 1. The van der Waals surface area contributed by atoms with Crippen LogP contribution in [-0.2, 0) is 11.2 Å². The molecule has 104 valence electrons. The highest BCUT2D eigenvalue weighted by Gasteiger charge is 2.41. The molecule has 0 aromatic heterocycles. The smallest absolute Gasteiger partial charge is 0.224 e. The van der Waals surface area contributed by atoms with E-state index in [4.69, 9.17) is 5.73 Å². The summed E-state index contributed by atoms with van der Waals surface area (Å²) in [6, 6.07) is 3.52. The summed E-state index contributed by atoms with van der Waals surface area (Å²) in [6.45, 7) is 1.24. The third kappa shape index (κ3) is 3.73. The minimum atomic E-state index is -0.924. The van der Waals surface area contributed by atoms with Gasteiger partial charge in [0.15, 0.2) is 11.6 Å². The van der Waals surface area contributed by atoms with Gasteiger partial charge in [0, 0.05) is 6.54 Å². The van der Waals surface area contributed by atoms with E-state index < -0.39 is 11.6 Å². The van der Waals surface area contributed by atoms with Gasteiger partial charge in [-0.1, -0.05) is 6.07 Å². The van der Waals surface area contributed by atoms with Crippen molar-refractivity contribution in [3.8, 4) is 0 Å². The second-order valence-corrected chi connectivity index (χ2v) is 5.24. The lowest BCUT2D eigenvalue weighted by molar-refractivity contribution is -0.120. The van der Waals surface area contributed by atoms with E-state index in [0.29, 0.717) is 18.7 Å². The maximum atomic E-state index is 13.0. The Morgan fingerprint density at radius 2 is 2.05 bits per heavy atom. The van der Waals surface area contributed by atoms with Crippen molar-refractivity contribution in [3.63, 3.8) is 0 Å². The normalized spacial score (nSPS) is 16.2. The van der Waals surface area contributed by atoms with Crippen LogP contribution >= 0.6 is 0 Å². The summed E-state index contributed by atoms with van der Waals surface area (Å²) in [5.74, 6) is -1.99. The van der Waals surface area contributed by atoms with Crippen LogP contribution < -0.4 is 11.1 Å². The van der Waals surface area contributed by atoms with Crippen LogP contribution in [0.25, 0.3) is 0 Å². The van der Waals surface area contributed by atoms with Crippen LogP contribution in [0, 0.1) is 17.0 Å². The van der Waals surface area contributed by atoms with Crippen molar-refractivity contribution < 1.29 is 13.6 Å². The Bertz CT molecular complexity index is 473. The van der Waals surface area contributed by atoms with Crippen molar-refractivity contribution in [1.82, 2.24) is 5.32 Å². The molecule has 1 saturated carbocycles. The van der Waals surface area contributed by atoms with Gasteiger partial charge in [-0.3, -0.25) is 4.79 Å². The molecule has 1 aromatic carbocycles. The molecule has 1 aromatic rings. The van der Waals surface area contributed by atoms with Gasteiger partial charge in [-0.05, 0) is 48.9 Å². The molecule has 2 rings (SSSR count). The number of hydrogen-bond acceptors (Lipinski definition) is 2. The molecular weight excluding hydrogens is 250 g/mol. The molecule has 0 radical (unpaired) electrons. The number of nitrogens with two attached hydrogens (primary N) is 1. The predicted molar refractivity (Wildman–Crippen MR) is 68.4 cm³/mol. The number of amides is 1. The highest BCUT2D eigenvalue weighted by atomic mass is 19.2. The first kappa shape index (κ1) is 13.9. The van der Waals surface area contributed by atoms with Crippen LogP contribution in [0.2, 0.25) is 0 Å². The van der Waals surface area contributed by atoms with Gasteiger partial charge < -0.3 is 11.1 Å². The molecule has 0 spiro atoms. The Morgan fingerprint density at radius 3 is 2.63 bits per heavy atom. The first-order chi connectivity index (χ1) is 9.04. The SMILES string of the molecule is NCCC1(CNC(=O)Cc2ccc(F)c(F)c2)CC1. The van der Waals surface area contributed by atoms with E-state index in [-0.39, 0.29) is 17.7 Å². The number of carbonyl (C=O) groups is 1. The molecule has 19 heavy (non-hydrogen) atoms. The van der Waals surface area contributed by atoms with E-state index in [0.717, 1.165) is 31.4 Å². The molecule has 0 atom stereocenters. The van der Waals surface area contributed by atoms with Crippen molar-refractivity contribution in [2.75, 3.05) is 13.1 Å². The van der Waals surface area contributed by atoms with E-state index in [1.807, 2.05) is 0 Å². The van der Waals surface area contributed by atoms with E-state index in [9.17, 15) is 13.6 Å². The lowest BCUT2D eigenvalue weighted by Gasteiger charge is -2.14. The van der Waals surface area contributed by atoms with Crippen molar-refractivity contribution in [1.29, 1.82) is 0 Å². The summed E-state index contributed by atoms with van der Waals surface area (Å²) in [5.41, 5.74) is 6.18. The van der Waals surface area contributed by atoms with Crippen LogP contribution in [0.5, 0.6) is 0 Å². The van der Waals surface area contributed by atoms with Crippen molar-refractivity contribution in [2.24, 2.45) is 11.1 Å². The van der Waals surface area contributed by atoms with Crippen molar-refractivity contribution in [2.45, 2.75) is 25.7 Å². The van der Waals surface area contributed by atoms with Gasteiger partial charge in [0.05, 0.1) is 6.42 Å². The van der Waals surface area contributed by atoms with Crippen LogP contribution in [0.1, 0.15) is 24.8 Å². The Kier molecular flexibility index (Phi) is 4.14. The molecule has 0 bridgehead atoms. The summed E-state index contributed by atoms with van der Waals surface area (Å²) in [7, 11) is 0.